The van der Waals surface area contributed by atoms with Crippen molar-refractivity contribution in [2.24, 2.45) is 5.73 Å². The number of hydrogen-bond acceptors (Lipinski definition) is 6. The van der Waals surface area contributed by atoms with E-state index in [1.165, 1.54) is 0 Å². The molecule has 2 heterocycles. The van der Waals surface area contributed by atoms with Crippen molar-refractivity contribution in [2.45, 2.75) is 39.3 Å². The van der Waals surface area contributed by atoms with Crippen molar-refractivity contribution in [3.63, 3.8) is 0 Å². The summed E-state index contributed by atoms with van der Waals surface area (Å²) in [5, 5.41) is 15.6. The molecule has 0 aromatic carbocycles. The monoisotopic (exact) mass is 236 g/mol. The van der Waals surface area contributed by atoms with Gasteiger partial charge in [-0.25, -0.2) is 9.31 Å². The Bertz CT molecular complexity index is 477. The maximum absolute atomic E-state index is 5.96. The normalized spacial score (nSPS) is 12.9. The molecule has 0 saturated carbocycles. The fourth-order valence-corrected chi connectivity index (χ4v) is 1.57. The highest BCUT2D eigenvalue weighted by Crippen LogP contribution is 2.12. The van der Waals surface area contributed by atoms with E-state index in [2.05, 4.69) is 32.2 Å². The number of nitrogens with zero attached hydrogens (tertiary/aromatic N) is 5. The van der Waals surface area contributed by atoms with Crippen molar-refractivity contribution < 1.29 is 4.63 Å². The quantitative estimate of drug-likeness (QED) is 0.825. The predicted octanol–water partition coefficient (Wildman–Crippen LogP) is 0.818. The smallest absolute Gasteiger partial charge is 0.129 e. The molecule has 0 fully saturated rings. The summed E-state index contributed by atoms with van der Waals surface area (Å²) in [4.78, 5) is 0. The first kappa shape index (κ1) is 11.7. The first-order chi connectivity index (χ1) is 8.20. The molecule has 2 rings (SSSR count). The van der Waals surface area contributed by atoms with Crippen LogP contribution in [0.4, 0.5) is 0 Å². The number of aromatic nitrogens is 5. The van der Waals surface area contributed by atoms with Crippen molar-refractivity contribution in [3.05, 3.63) is 23.3 Å². The predicted molar refractivity (Wildman–Crippen MR) is 60.0 cm³/mol. The third kappa shape index (κ3) is 2.68. The first-order valence-electron chi connectivity index (χ1n) is 5.64. The largest absolute Gasteiger partial charge is 0.323 e. The Kier molecular flexibility index (Phi) is 3.48. The lowest BCUT2D eigenvalue weighted by Crippen LogP contribution is -2.10. The van der Waals surface area contributed by atoms with Gasteiger partial charge in [-0.15, -0.1) is 5.10 Å². The minimum Gasteiger partial charge on any atom is -0.323 e. The van der Waals surface area contributed by atoms with E-state index in [9.17, 15) is 0 Å². The highest BCUT2D eigenvalue weighted by molar-refractivity contribution is 5.06. The Balaban J connectivity index is 2.06. The van der Waals surface area contributed by atoms with Gasteiger partial charge in [-0.2, -0.15) is 0 Å². The van der Waals surface area contributed by atoms with Crippen LogP contribution in [0.1, 0.15) is 42.9 Å². The van der Waals surface area contributed by atoms with E-state index < -0.39 is 0 Å². The van der Waals surface area contributed by atoms with Gasteiger partial charge in [0.15, 0.2) is 0 Å². The molecule has 1 unspecified atom stereocenters. The Morgan fingerprint density at radius 1 is 1.47 bits per heavy atom. The minimum atomic E-state index is -0.0507. The molecule has 1 atom stereocenters. The fraction of sp³-hybridized carbons (Fsp3) is 0.600. The van der Waals surface area contributed by atoms with Crippen LogP contribution in [0.15, 0.2) is 10.8 Å². The molecule has 2 N–H and O–H groups in total. The lowest BCUT2D eigenvalue weighted by Gasteiger charge is -2.04. The molecule has 0 aliphatic heterocycles. The second-order valence-electron chi connectivity index (χ2n) is 4.03. The summed E-state index contributed by atoms with van der Waals surface area (Å²) in [6, 6.07) is -0.0507. The van der Waals surface area contributed by atoms with E-state index in [-0.39, 0.29) is 6.04 Å². The van der Waals surface area contributed by atoms with Gasteiger partial charge in [-0.1, -0.05) is 28.9 Å². The van der Waals surface area contributed by atoms with Crippen molar-refractivity contribution in [2.75, 3.05) is 0 Å². The summed E-state index contributed by atoms with van der Waals surface area (Å²) in [5.74, 6) is 0. The van der Waals surface area contributed by atoms with Gasteiger partial charge in [0.05, 0.1) is 24.5 Å². The lowest BCUT2D eigenvalue weighted by molar-refractivity contribution is 0.300. The van der Waals surface area contributed by atoms with E-state index >= 15 is 0 Å². The van der Waals surface area contributed by atoms with Gasteiger partial charge in [0.25, 0.3) is 0 Å². The van der Waals surface area contributed by atoms with Crippen LogP contribution in [0.2, 0.25) is 0 Å². The van der Waals surface area contributed by atoms with Crippen LogP contribution in [0.5, 0.6) is 0 Å². The Hall–Kier alpha value is -1.76. The van der Waals surface area contributed by atoms with Gasteiger partial charge in [0.2, 0.25) is 0 Å². The lowest BCUT2D eigenvalue weighted by atomic mass is 10.1. The van der Waals surface area contributed by atoms with Crippen molar-refractivity contribution >= 4 is 0 Å². The minimum absolute atomic E-state index is 0.0507. The van der Waals surface area contributed by atoms with E-state index in [0.717, 1.165) is 29.9 Å². The summed E-state index contributed by atoms with van der Waals surface area (Å²) in [6.45, 7) is 4.43. The summed E-state index contributed by atoms with van der Waals surface area (Å²) < 4.78 is 6.32. The van der Waals surface area contributed by atoms with Gasteiger partial charge in [-0.05, 0) is 13.3 Å². The van der Waals surface area contributed by atoms with Gasteiger partial charge >= 0.3 is 0 Å². The molecule has 0 radical (unpaired) electrons. The van der Waals surface area contributed by atoms with Crippen molar-refractivity contribution in [1.29, 1.82) is 0 Å². The Morgan fingerprint density at radius 2 is 2.29 bits per heavy atom. The Labute approximate surface area is 98.9 Å². The average Bonchev–Trinajstić information content (AvgIpc) is 2.90. The zero-order valence-corrected chi connectivity index (χ0v) is 10.00. The molecule has 0 spiro atoms. The average molecular weight is 236 g/mol. The Morgan fingerprint density at radius 3 is 2.94 bits per heavy atom. The van der Waals surface area contributed by atoms with Crippen molar-refractivity contribution in [3.8, 4) is 0 Å². The van der Waals surface area contributed by atoms with Crippen LogP contribution in [0, 0.1) is 6.92 Å². The van der Waals surface area contributed by atoms with Gasteiger partial charge < -0.3 is 5.73 Å². The number of rotatable bonds is 5. The maximum Gasteiger partial charge on any atom is 0.129 e. The number of aryl methyl sites for hydroxylation is 1. The van der Waals surface area contributed by atoms with E-state index in [1.807, 2.05) is 13.1 Å². The molecular formula is C10H16N6O. The molecule has 0 bridgehead atoms. The van der Waals surface area contributed by atoms with Crippen LogP contribution >= 0.6 is 0 Å². The summed E-state index contributed by atoms with van der Waals surface area (Å²) in [7, 11) is 0. The van der Waals surface area contributed by atoms with Crippen LogP contribution in [0.3, 0.4) is 0 Å². The van der Waals surface area contributed by atoms with Gasteiger partial charge in [0.1, 0.15) is 11.4 Å². The van der Waals surface area contributed by atoms with Gasteiger partial charge in [-0.3, -0.25) is 0 Å². The third-order valence-electron chi connectivity index (χ3n) is 2.59. The molecule has 0 aliphatic rings. The molecule has 7 heteroatoms. The SMILES string of the molecule is CCCC(N)c1cn(Cc2nonc2C)nn1. The molecule has 7 nitrogen and oxygen atoms in total. The fourth-order valence-electron chi connectivity index (χ4n) is 1.57. The second-order valence-corrected chi connectivity index (χ2v) is 4.03. The molecule has 0 saturated heterocycles. The highest BCUT2D eigenvalue weighted by atomic mass is 16.6. The van der Waals surface area contributed by atoms with Crippen LogP contribution < -0.4 is 5.73 Å². The second kappa shape index (κ2) is 5.05. The molecule has 0 aliphatic carbocycles. The van der Waals surface area contributed by atoms with Gasteiger partial charge in [0, 0.05) is 0 Å². The molecule has 2 aromatic heterocycles. The zero-order chi connectivity index (χ0) is 12.3. The molecule has 2 aromatic rings. The molecular weight excluding hydrogens is 220 g/mol. The van der Waals surface area contributed by atoms with Crippen LogP contribution in [-0.2, 0) is 6.54 Å². The van der Waals surface area contributed by atoms with Crippen molar-refractivity contribution in [1.82, 2.24) is 25.3 Å². The number of nitrogens with two attached hydrogens (primary N) is 1. The number of hydrogen-bond donors (Lipinski definition) is 1. The maximum atomic E-state index is 5.96. The molecule has 0 amide bonds. The topological polar surface area (TPSA) is 95.7 Å². The molecule has 92 valence electrons. The summed E-state index contributed by atoms with van der Waals surface area (Å²) in [5.41, 5.74) is 8.29. The standard InChI is InChI=1S/C10H16N6O/c1-3-4-8(11)10-6-16(15-12-10)5-9-7(2)13-17-14-9/h6,8H,3-5,11H2,1-2H3. The van der Waals surface area contributed by atoms with Crippen LogP contribution in [-0.4, -0.2) is 25.3 Å². The summed E-state index contributed by atoms with van der Waals surface area (Å²) >= 11 is 0. The van der Waals surface area contributed by atoms with E-state index in [1.54, 1.807) is 4.68 Å². The van der Waals surface area contributed by atoms with E-state index in [4.69, 9.17) is 5.73 Å². The first-order valence-corrected chi connectivity index (χ1v) is 5.64. The zero-order valence-electron chi connectivity index (χ0n) is 10.00. The van der Waals surface area contributed by atoms with E-state index in [0.29, 0.717) is 6.54 Å². The highest BCUT2D eigenvalue weighted by Gasteiger charge is 2.11. The molecule has 17 heavy (non-hydrogen) atoms. The van der Waals surface area contributed by atoms with Crippen LogP contribution in [0.25, 0.3) is 0 Å². The summed E-state index contributed by atoms with van der Waals surface area (Å²) in [6.07, 6.45) is 3.78. The third-order valence-corrected chi connectivity index (χ3v) is 2.59.